The fraction of sp³-hybridized carbons (Fsp3) is 0.882. The minimum atomic E-state index is -0.511. The zero-order valence-corrected chi connectivity index (χ0v) is 13.3. The van der Waals surface area contributed by atoms with Crippen LogP contribution in [0.5, 0.6) is 0 Å². The van der Waals surface area contributed by atoms with E-state index >= 15 is 0 Å². The van der Waals surface area contributed by atoms with Crippen molar-refractivity contribution in [2.75, 3.05) is 6.61 Å². The van der Waals surface area contributed by atoms with Gasteiger partial charge in [-0.05, 0) is 50.9 Å². The summed E-state index contributed by atoms with van der Waals surface area (Å²) in [5.41, 5.74) is -0.511. The van der Waals surface area contributed by atoms with Gasteiger partial charge in [0.1, 0.15) is 11.8 Å². The van der Waals surface area contributed by atoms with Crippen molar-refractivity contribution in [2.45, 2.75) is 76.1 Å². The zero-order valence-electron chi connectivity index (χ0n) is 13.3. The van der Waals surface area contributed by atoms with E-state index in [0.29, 0.717) is 18.6 Å². The van der Waals surface area contributed by atoms with E-state index in [1.54, 1.807) is 0 Å². The summed E-state index contributed by atoms with van der Waals surface area (Å²) in [5, 5.41) is 3.06. The topological polar surface area (TPSA) is 58.6 Å². The summed E-state index contributed by atoms with van der Waals surface area (Å²) in [6, 6.07) is -0.0915. The lowest BCUT2D eigenvalue weighted by molar-refractivity contribution is -0.164. The highest BCUT2D eigenvalue weighted by Crippen LogP contribution is 2.45. The molecule has 0 aromatic rings. The summed E-state index contributed by atoms with van der Waals surface area (Å²) in [6.45, 7) is 2.59. The van der Waals surface area contributed by atoms with Crippen molar-refractivity contribution in [3.63, 3.8) is 0 Å². The number of carbonyl (C=O) groups excluding carboxylic acids is 2. The number of rotatable bonds is 3. The molecule has 122 valence electrons. The molecule has 0 aromatic carbocycles. The maximum absolute atomic E-state index is 12.9. The summed E-state index contributed by atoms with van der Waals surface area (Å²) in [7, 11) is 0. The van der Waals surface area contributed by atoms with Crippen molar-refractivity contribution in [1.82, 2.24) is 10.2 Å². The number of nitrogens with zero attached hydrogens (tertiary/aromatic N) is 1. The van der Waals surface area contributed by atoms with Gasteiger partial charge in [-0.2, -0.15) is 0 Å². The normalized spacial score (nSPS) is 38.3. The Kier molecular flexibility index (Phi) is 3.44. The predicted octanol–water partition coefficient (Wildman–Crippen LogP) is 1.81. The number of ether oxygens (including phenoxy) is 1. The van der Waals surface area contributed by atoms with Gasteiger partial charge in [-0.3, -0.25) is 14.5 Å². The van der Waals surface area contributed by atoms with Crippen molar-refractivity contribution in [3.8, 4) is 0 Å². The molecule has 3 aliphatic carbocycles. The molecule has 4 fully saturated rings. The average molecular weight is 306 g/mol. The Balaban J connectivity index is 1.58. The molecule has 5 heteroatoms. The van der Waals surface area contributed by atoms with Gasteiger partial charge in [-0.1, -0.05) is 13.3 Å². The van der Waals surface area contributed by atoms with Gasteiger partial charge in [0.2, 0.25) is 11.8 Å². The van der Waals surface area contributed by atoms with E-state index in [9.17, 15) is 9.59 Å². The number of carbonyl (C=O) groups is 2. The first-order valence-electron chi connectivity index (χ1n) is 8.86. The van der Waals surface area contributed by atoms with Crippen molar-refractivity contribution in [2.24, 2.45) is 11.8 Å². The third-order valence-electron chi connectivity index (χ3n) is 5.58. The van der Waals surface area contributed by atoms with Gasteiger partial charge in [-0.15, -0.1) is 0 Å². The van der Waals surface area contributed by atoms with E-state index in [0.717, 1.165) is 44.9 Å². The molecular weight excluding hydrogens is 280 g/mol. The smallest absolute Gasteiger partial charge is 0.245 e. The second-order valence-corrected chi connectivity index (χ2v) is 7.74. The molecule has 1 saturated heterocycles. The predicted molar refractivity (Wildman–Crippen MR) is 80.8 cm³/mol. The second-order valence-electron chi connectivity index (χ2n) is 7.74. The van der Waals surface area contributed by atoms with E-state index in [1.807, 2.05) is 4.90 Å². The summed E-state index contributed by atoms with van der Waals surface area (Å²) >= 11 is 0. The van der Waals surface area contributed by atoms with E-state index < -0.39 is 11.8 Å². The van der Waals surface area contributed by atoms with E-state index in [2.05, 4.69) is 12.2 Å². The molecule has 4 rings (SSSR count). The van der Waals surface area contributed by atoms with Crippen LogP contribution in [0.4, 0.5) is 0 Å². The quantitative estimate of drug-likeness (QED) is 0.865. The Morgan fingerprint density at radius 2 is 1.95 bits per heavy atom. The van der Waals surface area contributed by atoms with Gasteiger partial charge in [0.05, 0.1) is 6.61 Å². The molecule has 0 unspecified atom stereocenters. The van der Waals surface area contributed by atoms with Crippen molar-refractivity contribution >= 4 is 11.8 Å². The Labute approximate surface area is 131 Å². The molecule has 2 amide bonds. The minimum Gasteiger partial charge on any atom is -0.353 e. The van der Waals surface area contributed by atoms with Crippen LogP contribution in [0.1, 0.15) is 58.3 Å². The highest BCUT2D eigenvalue weighted by molar-refractivity contribution is 5.90. The lowest BCUT2D eigenvalue weighted by Gasteiger charge is -2.43. The molecule has 0 radical (unpaired) electrons. The third kappa shape index (κ3) is 2.53. The van der Waals surface area contributed by atoms with E-state index in [4.69, 9.17) is 4.74 Å². The molecule has 5 nitrogen and oxygen atoms in total. The van der Waals surface area contributed by atoms with E-state index in [-0.39, 0.29) is 17.7 Å². The summed E-state index contributed by atoms with van der Waals surface area (Å²) in [6.07, 6.45) is 8.09. The Hall–Kier alpha value is -1.10. The molecule has 1 heterocycles. The van der Waals surface area contributed by atoms with Crippen LogP contribution in [0.15, 0.2) is 0 Å². The van der Waals surface area contributed by atoms with Crippen LogP contribution < -0.4 is 5.32 Å². The van der Waals surface area contributed by atoms with Crippen molar-refractivity contribution < 1.29 is 14.3 Å². The molecule has 3 atom stereocenters. The Morgan fingerprint density at radius 1 is 1.18 bits per heavy atom. The number of hydrogen-bond acceptors (Lipinski definition) is 3. The van der Waals surface area contributed by atoms with Crippen LogP contribution in [0, 0.1) is 11.8 Å². The highest BCUT2D eigenvalue weighted by atomic mass is 16.5. The standard InChI is InChI=1S/C17H26N2O3/c1-11-3-2-8-17(9-11)19(16(21)12-4-5-12)14(10-22-17)15(20)18-13-6-7-13/h11-14H,2-10H2,1H3,(H,18,20)/t11-,14+,17-/m1/s1. The maximum Gasteiger partial charge on any atom is 0.245 e. The Bertz CT molecular complexity index is 486. The molecule has 1 N–H and O–H groups in total. The summed E-state index contributed by atoms with van der Waals surface area (Å²) in [4.78, 5) is 27.3. The van der Waals surface area contributed by atoms with Crippen LogP contribution in [0.3, 0.4) is 0 Å². The molecule has 0 bridgehead atoms. The number of nitrogens with one attached hydrogen (secondary N) is 1. The van der Waals surface area contributed by atoms with Gasteiger partial charge < -0.3 is 10.1 Å². The van der Waals surface area contributed by atoms with Crippen LogP contribution in [0.25, 0.3) is 0 Å². The molecular formula is C17H26N2O3. The van der Waals surface area contributed by atoms with Crippen molar-refractivity contribution in [1.29, 1.82) is 0 Å². The fourth-order valence-electron chi connectivity index (χ4n) is 4.09. The lowest BCUT2D eigenvalue weighted by Crippen LogP contribution is -2.57. The average Bonchev–Trinajstić information content (AvgIpc) is 3.37. The van der Waals surface area contributed by atoms with Gasteiger partial charge >= 0.3 is 0 Å². The van der Waals surface area contributed by atoms with Gasteiger partial charge in [0.15, 0.2) is 0 Å². The molecule has 3 saturated carbocycles. The molecule has 0 aromatic heterocycles. The van der Waals surface area contributed by atoms with Crippen molar-refractivity contribution in [3.05, 3.63) is 0 Å². The maximum atomic E-state index is 12.9. The van der Waals surface area contributed by atoms with Crippen LogP contribution in [-0.4, -0.2) is 41.1 Å². The van der Waals surface area contributed by atoms with Gasteiger partial charge in [0.25, 0.3) is 0 Å². The zero-order chi connectivity index (χ0) is 15.3. The van der Waals surface area contributed by atoms with Crippen LogP contribution >= 0.6 is 0 Å². The number of hydrogen-bond donors (Lipinski definition) is 1. The first-order chi connectivity index (χ1) is 10.6. The monoisotopic (exact) mass is 306 g/mol. The van der Waals surface area contributed by atoms with Gasteiger partial charge in [0, 0.05) is 12.0 Å². The molecule has 4 aliphatic rings. The SMILES string of the molecule is C[C@@H]1CCC[C@]2(C1)OC[C@@H](C(=O)NC1CC1)N2C(=O)C1CC1. The van der Waals surface area contributed by atoms with Crippen LogP contribution in [0.2, 0.25) is 0 Å². The first kappa shape index (κ1) is 14.5. The first-order valence-corrected chi connectivity index (χ1v) is 8.86. The van der Waals surface area contributed by atoms with Gasteiger partial charge in [-0.25, -0.2) is 0 Å². The summed E-state index contributed by atoms with van der Waals surface area (Å²) in [5.74, 6) is 0.828. The third-order valence-corrected chi connectivity index (χ3v) is 5.58. The molecule has 1 aliphatic heterocycles. The van der Waals surface area contributed by atoms with Crippen LogP contribution in [-0.2, 0) is 14.3 Å². The summed E-state index contributed by atoms with van der Waals surface area (Å²) < 4.78 is 6.14. The largest absolute Gasteiger partial charge is 0.353 e. The van der Waals surface area contributed by atoms with E-state index in [1.165, 1.54) is 6.42 Å². The molecule has 1 spiro atoms. The fourth-order valence-corrected chi connectivity index (χ4v) is 4.09. The Morgan fingerprint density at radius 3 is 2.59 bits per heavy atom. The lowest BCUT2D eigenvalue weighted by atomic mass is 9.83. The highest BCUT2D eigenvalue weighted by Gasteiger charge is 2.56. The molecule has 22 heavy (non-hydrogen) atoms. The number of amides is 2. The minimum absolute atomic E-state index is 0.00778. The second kappa shape index (κ2) is 5.22.